The molecule has 0 unspecified atom stereocenters. The normalized spacial score (nSPS) is 13.8. The summed E-state index contributed by atoms with van der Waals surface area (Å²) in [5.41, 5.74) is 3.59. The fourth-order valence-corrected chi connectivity index (χ4v) is 4.44. The van der Waals surface area contributed by atoms with E-state index in [2.05, 4.69) is 54.4 Å². The lowest BCUT2D eigenvalue weighted by molar-refractivity contribution is -0.126. The summed E-state index contributed by atoms with van der Waals surface area (Å²) in [5.74, 6) is 0.956. The average Bonchev–Trinajstić information content (AvgIpc) is 3.15. The quantitative estimate of drug-likeness (QED) is 0.656. The lowest BCUT2D eigenvalue weighted by atomic mass is 10.0. The summed E-state index contributed by atoms with van der Waals surface area (Å²) in [7, 11) is 0. The number of aliphatic imine (C=N–C) groups is 1. The Morgan fingerprint density at radius 2 is 1.89 bits per heavy atom. The zero-order valence-electron chi connectivity index (χ0n) is 15.4. The van der Waals surface area contributed by atoms with Gasteiger partial charge in [-0.05, 0) is 28.8 Å². The third kappa shape index (κ3) is 4.06. The molecular weight excluding hydrogens is 352 g/mol. The molecule has 1 heterocycles. The number of fused-ring (bicyclic) bond motifs is 1. The van der Waals surface area contributed by atoms with Crippen molar-refractivity contribution in [3.63, 3.8) is 0 Å². The van der Waals surface area contributed by atoms with Crippen molar-refractivity contribution in [1.29, 1.82) is 0 Å². The van der Waals surface area contributed by atoms with Crippen LogP contribution in [0, 0.1) is 6.92 Å². The van der Waals surface area contributed by atoms with Crippen LogP contribution in [0.4, 0.5) is 0 Å². The van der Waals surface area contributed by atoms with Gasteiger partial charge in [0.25, 0.3) is 0 Å². The first-order chi connectivity index (χ1) is 13.2. The van der Waals surface area contributed by atoms with Gasteiger partial charge in [-0.2, -0.15) is 0 Å². The highest BCUT2D eigenvalue weighted by molar-refractivity contribution is 8.13. The van der Waals surface area contributed by atoms with Gasteiger partial charge in [-0.25, -0.2) is 0 Å². The zero-order valence-corrected chi connectivity index (χ0v) is 16.2. The number of hydrogen-bond acceptors (Lipinski definition) is 3. The molecule has 0 fully saturated rings. The van der Waals surface area contributed by atoms with E-state index in [1.54, 1.807) is 11.8 Å². The van der Waals surface area contributed by atoms with Gasteiger partial charge in [0.05, 0.1) is 13.0 Å². The van der Waals surface area contributed by atoms with Gasteiger partial charge < -0.3 is 0 Å². The fourth-order valence-electron chi connectivity index (χ4n) is 3.44. The van der Waals surface area contributed by atoms with E-state index in [-0.39, 0.29) is 5.91 Å². The first-order valence-corrected chi connectivity index (χ1v) is 10.2. The molecule has 0 saturated heterocycles. The van der Waals surface area contributed by atoms with Crippen LogP contribution < -0.4 is 0 Å². The Hall–Kier alpha value is -2.59. The van der Waals surface area contributed by atoms with Crippen molar-refractivity contribution < 1.29 is 4.79 Å². The summed E-state index contributed by atoms with van der Waals surface area (Å²) in [6, 6.07) is 22.9. The number of benzene rings is 3. The Labute approximate surface area is 164 Å². The summed E-state index contributed by atoms with van der Waals surface area (Å²) >= 11 is 1.65. The number of amides is 1. The van der Waals surface area contributed by atoms with Gasteiger partial charge in [-0.15, -0.1) is 0 Å². The number of amidine groups is 1. The number of thioether (sulfide) groups is 1. The van der Waals surface area contributed by atoms with Crippen LogP contribution in [0.25, 0.3) is 10.8 Å². The molecule has 0 aromatic heterocycles. The Kier molecular flexibility index (Phi) is 5.26. The Morgan fingerprint density at radius 3 is 2.78 bits per heavy atom. The highest BCUT2D eigenvalue weighted by Crippen LogP contribution is 2.23. The molecule has 0 atom stereocenters. The van der Waals surface area contributed by atoms with Gasteiger partial charge in [0.1, 0.15) is 0 Å². The molecule has 0 bridgehead atoms. The monoisotopic (exact) mass is 374 g/mol. The third-order valence-corrected chi connectivity index (χ3v) is 5.86. The van der Waals surface area contributed by atoms with Crippen LogP contribution in [0.1, 0.15) is 16.7 Å². The Morgan fingerprint density at radius 1 is 1.07 bits per heavy atom. The van der Waals surface area contributed by atoms with E-state index in [1.165, 1.54) is 16.5 Å². The number of carbonyl (C=O) groups excluding carboxylic acids is 1. The van der Waals surface area contributed by atoms with Crippen LogP contribution in [0.2, 0.25) is 0 Å². The summed E-state index contributed by atoms with van der Waals surface area (Å²) in [5, 5.41) is 3.17. The van der Waals surface area contributed by atoms with E-state index in [0.29, 0.717) is 19.5 Å². The smallest absolute Gasteiger partial charge is 0.233 e. The van der Waals surface area contributed by atoms with E-state index in [4.69, 9.17) is 0 Å². The summed E-state index contributed by atoms with van der Waals surface area (Å²) in [6.45, 7) is 3.47. The predicted octanol–water partition coefficient (Wildman–Crippen LogP) is 4.82. The molecule has 3 aromatic carbocycles. The molecule has 0 N–H and O–H groups in total. The van der Waals surface area contributed by atoms with Crippen LogP contribution >= 0.6 is 11.8 Å². The maximum absolute atomic E-state index is 13.0. The van der Waals surface area contributed by atoms with Gasteiger partial charge >= 0.3 is 0 Å². The van der Waals surface area contributed by atoms with E-state index < -0.39 is 0 Å². The maximum atomic E-state index is 13.0. The Balaban J connectivity index is 1.45. The van der Waals surface area contributed by atoms with Gasteiger partial charge in [0.15, 0.2) is 5.17 Å². The summed E-state index contributed by atoms with van der Waals surface area (Å²) in [6.07, 6.45) is 0.408. The molecule has 136 valence electrons. The first kappa shape index (κ1) is 17.8. The SMILES string of the molecule is Cc1cccc(CSC2=NCCN2C(=O)Cc2cccc3ccccc23)c1. The number of hydrogen-bond donors (Lipinski definition) is 0. The lowest BCUT2D eigenvalue weighted by Crippen LogP contribution is -2.34. The van der Waals surface area contributed by atoms with Gasteiger partial charge in [-0.1, -0.05) is 84.1 Å². The van der Waals surface area contributed by atoms with Crippen molar-refractivity contribution in [3.8, 4) is 0 Å². The molecule has 1 aliphatic heterocycles. The third-order valence-electron chi connectivity index (χ3n) is 4.77. The molecule has 0 radical (unpaired) electrons. The maximum Gasteiger partial charge on any atom is 0.233 e. The van der Waals surface area contributed by atoms with Crippen LogP contribution in [-0.4, -0.2) is 29.1 Å². The minimum Gasteiger partial charge on any atom is -0.289 e. The minimum absolute atomic E-state index is 0.124. The van der Waals surface area contributed by atoms with Crippen molar-refractivity contribution in [2.45, 2.75) is 19.1 Å². The molecular formula is C23H22N2OS. The van der Waals surface area contributed by atoms with E-state index in [9.17, 15) is 4.79 Å². The second-order valence-electron chi connectivity index (χ2n) is 6.80. The van der Waals surface area contributed by atoms with Gasteiger partial charge in [0.2, 0.25) is 5.91 Å². The first-order valence-electron chi connectivity index (χ1n) is 9.20. The van der Waals surface area contributed by atoms with Gasteiger partial charge in [0, 0.05) is 12.3 Å². The largest absolute Gasteiger partial charge is 0.289 e. The summed E-state index contributed by atoms with van der Waals surface area (Å²) in [4.78, 5) is 19.4. The second-order valence-corrected chi connectivity index (χ2v) is 7.74. The van der Waals surface area contributed by atoms with Crippen LogP contribution in [0.3, 0.4) is 0 Å². The highest BCUT2D eigenvalue weighted by Gasteiger charge is 2.24. The topological polar surface area (TPSA) is 32.7 Å². The van der Waals surface area contributed by atoms with Crippen LogP contribution in [0.15, 0.2) is 71.7 Å². The number of aryl methyl sites for hydroxylation is 1. The standard InChI is InChI=1S/C23H22N2OS/c1-17-6-4-7-18(14-17)16-27-23-24-12-13-25(23)22(26)15-20-10-5-9-19-8-2-3-11-21(19)20/h2-11,14H,12-13,15-16H2,1H3. The van der Waals surface area contributed by atoms with Crippen LogP contribution in [0.5, 0.6) is 0 Å². The average molecular weight is 375 g/mol. The molecule has 1 amide bonds. The number of rotatable bonds is 4. The molecule has 3 nitrogen and oxygen atoms in total. The van der Waals surface area contributed by atoms with Crippen molar-refractivity contribution in [2.24, 2.45) is 4.99 Å². The fraction of sp³-hybridized carbons (Fsp3) is 0.217. The molecule has 0 saturated carbocycles. The van der Waals surface area contributed by atoms with Crippen molar-refractivity contribution >= 4 is 33.6 Å². The molecule has 0 spiro atoms. The molecule has 27 heavy (non-hydrogen) atoms. The highest BCUT2D eigenvalue weighted by atomic mass is 32.2. The zero-order chi connectivity index (χ0) is 18.6. The molecule has 3 aromatic rings. The van der Waals surface area contributed by atoms with Crippen LogP contribution in [-0.2, 0) is 17.0 Å². The Bertz CT molecular complexity index is 1010. The predicted molar refractivity (Wildman–Crippen MR) is 114 cm³/mol. The van der Waals surface area contributed by atoms with Crippen molar-refractivity contribution in [2.75, 3.05) is 13.1 Å². The molecule has 0 aliphatic carbocycles. The second kappa shape index (κ2) is 7.97. The number of nitrogens with zero attached hydrogens (tertiary/aromatic N) is 2. The van der Waals surface area contributed by atoms with Gasteiger partial charge in [-0.3, -0.25) is 14.7 Å². The summed E-state index contributed by atoms with van der Waals surface area (Å²) < 4.78 is 0. The molecule has 4 heteroatoms. The van der Waals surface area contributed by atoms with E-state index in [0.717, 1.165) is 21.9 Å². The van der Waals surface area contributed by atoms with E-state index in [1.807, 2.05) is 29.2 Å². The lowest BCUT2D eigenvalue weighted by Gasteiger charge is -2.18. The minimum atomic E-state index is 0.124. The van der Waals surface area contributed by atoms with E-state index >= 15 is 0 Å². The van der Waals surface area contributed by atoms with Crippen molar-refractivity contribution in [3.05, 3.63) is 83.4 Å². The molecule has 4 rings (SSSR count). The number of carbonyl (C=O) groups is 1. The molecule has 1 aliphatic rings. The van der Waals surface area contributed by atoms with Crippen molar-refractivity contribution in [1.82, 2.24) is 4.90 Å².